The van der Waals surface area contributed by atoms with Crippen LogP contribution in [0, 0.1) is 6.29 Å². The van der Waals surface area contributed by atoms with Gasteiger partial charge in [0.05, 0.1) is 6.29 Å². The van der Waals surface area contributed by atoms with Crippen molar-refractivity contribution in [3.8, 4) is 0 Å². The van der Waals surface area contributed by atoms with Gasteiger partial charge in [0.1, 0.15) is 0 Å². The number of rotatable bonds is 3. The third-order valence-corrected chi connectivity index (χ3v) is 1.38. The number of benzene rings is 1. The maximum atomic E-state index is 4.98. The molecule has 0 saturated carbocycles. The van der Waals surface area contributed by atoms with E-state index >= 15 is 0 Å². The van der Waals surface area contributed by atoms with Crippen molar-refractivity contribution in [3.05, 3.63) is 42.2 Å². The largest absolute Gasteiger partial charge is 2.00 e. The predicted octanol–water partition coefficient (Wildman–Crippen LogP) is -1.56. The Balaban J connectivity index is 0. The van der Waals surface area contributed by atoms with E-state index in [0.717, 1.165) is 5.56 Å². The smallest absolute Gasteiger partial charge is 1.00 e. The fourth-order valence-electron chi connectivity index (χ4n) is 0.893. The number of halogens is 1. The van der Waals surface area contributed by atoms with Crippen molar-refractivity contribution in [1.82, 2.24) is 0 Å². The van der Waals surface area contributed by atoms with E-state index in [-0.39, 0.29) is 35.5 Å². The van der Waals surface area contributed by atoms with Crippen molar-refractivity contribution in [1.29, 1.82) is 0 Å². The fraction of sp³-hybridized carbons (Fsp3) is 0.222. The van der Waals surface area contributed by atoms with Gasteiger partial charge in [-0.2, -0.15) is 12.1 Å². The van der Waals surface area contributed by atoms with E-state index in [1.807, 2.05) is 30.3 Å². The summed E-state index contributed by atoms with van der Waals surface area (Å²) in [6.07, 6.45) is 0.547. The SMILES string of the molecule is CO[C-](OC)c1ccccc1.[Cl-].[Mg+2]. The van der Waals surface area contributed by atoms with Crippen molar-refractivity contribution in [2.75, 3.05) is 14.2 Å². The van der Waals surface area contributed by atoms with Crippen molar-refractivity contribution in [2.45, 2.75) is 0 Å². The van der Waals surface area contributed by atoms with E-state index in [4.69, 9.17) is 9.47 Å². The molecule has 0 fully saturated rings. The van der Waals surface area contributed by atoms with Gasteiger partial charge < -0.3 is 21.9 Å². The molecule has 1 rings (SSSR count). The molecule has 0 bridgehead atoms. The van der Waals surface area contributed by atoms with Gasteiger partial charge in [0, 0.05) is 14.2 Å². The zero-order valence-corrected chi connectivity index (χ0v) is 9.96. The minimum atomic E-state index is 0. The van der Waals surface area contributed by atoms with Gasteiger partial charge in [-0.3, -0.25) is 0 Å². The summed E-state index contributed by atoms with van der Waals surface area (Å²) < 4.78 is 9.96. The average Bonchev–Trinajstić information content (AvgIpc) is 2.09. The van der Waals surface area contributed by atoms with Gasteiger partial charge in [0.15, 0.2) is 0 Å². The summed E-state index contributed by atoms with van der Waals surface area (Å²) in [5.74, 6) is 0. The molecule has 0 unspecified atom stereocenters. The number of hydrogen-bond acceptors (Lipinski definition) is 2. The maximum absolute atomic E-state index is 4.98. The summed E-state index contributed by atoms with van der Waals surface area (Å²) in [6.45, 7) is 0. The van der Waals surface area contributed by atoms with E-state index in [1.165, 1.54) is 0 Å². The summed E-state index contributed by atoms with van der Waals surface area (Å²) in [6, 6.07) is 9.69. The Morgan fingerprint density at radius 2 is 1.46 bits per heavy atom. The van der Waals surface area contributed by atoms with Crippen LogP contribution in [0.3, 0.4) is 0 Å². The first-order valence-corrected chi connectivity index (χ1v) is 3.39. The molecule has 0 aliphatic rings. The molecule has 4 heteroatoms. The van der Waals surface area contributed by atoms with E-state index in [2.05, 4.69) is 0 Å². The number of ether oxygens (including phenoxy) is 2. The van der Waals surface area contributed by atoms with Crippen molar-refractivity contribution < 1.29 is 21.9 Å². The fourth-order valence-corrected chi connectivity index (χ4v) is 0.893. The summed E-state index contributed by atoms with van der Waals surface area (Å²) in [5, 5.41) is 0. The molecule has 0 amide bonds. The molecule has 1 aromatic rings. The van der Waals surface area contributed by atoms with Crippen LogP contribution in [0.5, 0.6) is 0 Å². The Labute approximate surface area is 101 Å². The van der Waals surface area contributed by atoms with Crippen molar-refractivity contribution >= 4 is 23.1 Å². The zero-order valence-electron chi connectivity index (χ0n) is 7.79. The van der Waals surface area contributed by atoms with Gasteiger partial charge in [-0.15, -0.1) is 17.7 Å². The normalized spacial score (nSPS) is 8.15. The third-order valence-electron chi connectivity index (χ3n) is 1.38. The minimum absolute atomic E-state index is 0. The second-order valence-electron chi connectivity index (χ2n) is 2.06. The Hall–Kier alpha value is 0.0662. The molecular formula is C9H11ClMgO2. The Morgan fingerprint density at radius 1 is 1.00 bits per heavy atom. The van der Waals surface area contributed by atoms with Crippen molar-refractivity contribution in [3.63, 3.8) is 0 Å². The van der Waals surface area contributed by atoms with E-state index in [1.54, 1.807) is 14.2 Å². The van der Waals surface area contributed by atoms with Crippen LogP contribution >= 0.6 is 0 Å². The van der Waals surface area contributed by atoms with Gasteiger partial charge in [0.2, 0.25) is 0 Å². The molecule has 2 nitrogen and oxygen atoms in total. The van der Waals surface area contributed by atoms with Gasteiger partial charge in [-0.1, -0.05) is 6.07 Å². The summed E-state index contributed by atoms with van der Waals surface area (Å²) in [7, 11) is 3.18. The van der Waals surface area contributed by atoms with Crippen LogP contribution in [0.4, 0.5) is 0 Å². The van der Waals surface area contributed by atoms with Gasteiger partial charge >= 0.3 is 23.1 Å². The van der Waals surface area contributed by atoms with E-state index in [9.17, 15) is 0 Å². The van der Waals surface area contributed by atoms with Crippen LogP contribution in [-0.2, 0) is 9.47 Å². The number of methoxy groups -OCH3 is 2. The van der Waals surface area contributed by atoms with Gasteiger partial charge in [0.25, 0.3) is 0 Å². The Kier molecular flexibility index (Phi) is 10.3. The third kappa shape index (κ3) is 4.74. The molecule has 1 aromatic carbocycles. The summed E-state index contributed by atoms with van der Waals surface area (Å²) in [4.78, 5) is 0. The second-order valence-corrected chi connectivity index (χ2v) is 2.06. The molecule has 0 N–H and O–H groups in total. The number of hydrogen-bond donors (Lipinski definition) is 0. The maximum Gasteiger partial charge on any atom is 2.00 e. The molecular weight excluding hydrogens is 200 g/mol. The molecule has 0 saturated heterocycles. The van der Waals surface area contributed by atoms with Crippen LogP contribution in [0.15, 0.2) is 30.3 Å². The average molecular weight is 211 g/mol. The summed E-state index contributed by atoms with van der Waals surface area (Å²) >= 11 is 0. The first-order chi connectivity index (χ1) is 5.38. The second kappa shape index (κ2) is 8.66. The molecule has 0 spiro atoms. The Morgan fingerprint density at radius 3 is 1.85 bits per heavy atom. The monoisotopic (exact) mass is 210 g/mol. The first-order valence-electron chi connectivity index (χ1n) is 3.39. The quantitative estimate of drug-likeness (QED) is 0.444. The van der Waals surface area contributed by atoms with Crippen LogP contribution in [0.1, 0.15) is 5.56 Å². The predicted molar refractivity (Wildman–Crippen MR) is 48.6 cm³/mol. The van der Waals surface area contributed by atoms with Gasteiger partial charge in [-0.05, 0) is 0 Å². The molecule has 68 valence electrons. The Bertz CT molecular complexity index is 202. The minimum Gasteiger partial charge on any atom is -1.00 e. The van der Waals surface area contributed by atoms with E-state index in [0.29, 0.717) is 6.29 Å². The first kappa shape index (κ1) is 15.5. The van der Waals surface area contributed by atoms with Crippen LogP contribution in [0.2, 0.25) is 0 Å². The van der Waals surface area contributed by atoms with Gasteiger partial charge in [-0.25, -0.2) is 0 Å². The van der Waals surface area contributed by atoms with Crippen LogP contribution in [-0.4, -0.2) is 37.3 Å². The standard InChI is InChI=1S/C9H11O2.ClH.Mg/c1-10-9(11-2)8-6-4-3-5-7-8;;/h3-7H,1-2H3;1H;/q-1;;+2/p-1. The molecule has 0 aliphatic carbocycles. The topological polar surface area (TPSA) is 18.5 Å². The van der Waals surface area contributed by atoms with Crippen LogP contribution < -0.4 is 12.4 Å². The molecule has 0 radical (unpaired) electrons. The molecule has 0 aromatic heterocycles. The van der Waals surface area contributed by atoms with Crippen molar-refractivity contribution in [2.24, 2.45) is 0 Å². The molecule has 13 heavy (non-hydrogen) atoms. The summed E-state index contributed by atoms with van der Waals surface area (Å²) in [5.41, 5.74) is 0.956. The van der Waals surface area contributed by atoms with Crippen LogP contribution in [0.25, 0.3) is 0 Å². The zero-order chi connectivity index (χ0) is 8.10. The molecule has 0 aliphatic heterocycles. The molecule has 0 atom stereocenters. The van der Waals surface area contributed by atoms with E-state index < -0.39 is 0 Å². The molecule has 0 heterocycles.